The zero-order chi connectivity index (χ0) is 20.2. The quantitative estimate of drug-likeness (QED) is 0.677. The van der Waals surface area contributed by atoms with Gasteiger partial charge in [-0.15, -0.1) is 0 Å². The maximum Gasteiger partial charge on any atom is 0.311 e. The SMILES string of the molecule is O=C(OCc1cc(Cl)cc2c1OCOC2)[C@H]1CC(=O)N(CCc2ccccc2)C1. The minimum Gasteiger partial charge on any atom is -0.467 e. The third-order valence-corrected chi connectivity index (χ3v) is 5.40. The van der Waals surface area contributed by atoms with Crippen LogP contribution in [-0.2, 0) is 38.7 Å². The highest BCUT2D eigenvalue weighted by Gasteiger charge is 2.35. The molecule has 0 aliphatic carbocycles. The maximum absolute atomic E-state index is 12.5. The van der Waals surface area contributed by atoms with Crippen LogP contribution >= 0.6 is 11.6 Å². The van der Waals surface area contributed by atoms with Crippen molar-refractivity contribution in [2.24, 2.45) is 5.92 Å². The maximum atomic E-state index is 12.5. The van der Waals surface area contributed by atoms with Crippen LogP contribution in [-0.4, -0.2) is 36.7 Å². The molecule has 0 N–H and O–H groups in total. The Morgan fingerprint density at radius 1 is 1.24 bits per heavy atom. The first kappa shape index (κ1) is 19.7. The van der Waals surface area contributed by atoms with Crippen LogP contribution in [0.1, 0.15) is 23.1 Å². The fraction of sp³-hybridized carbons (Fsp3) is 0.364. The van der Waals surface area contributed by atoms with Gasteiger partial charge in [-0.1, -0.05) is 41.9 Å². The summed E-state index contributed by atoms with van der Waals surface area (Å²) >= 11 is 6.14. The molecular weight excluding hydrogens is 394 g/mol. The fourth-order valence-corrected chi connectivity index (χ4v) is 3.95. The van der Waals surface area contributed by atoms with Gasteiger partial charge in [-0.25, -0.2) is 0 Å². The molecule has 0 bridgehead atoms. The van der Waals surface area contributed by atoms with E-state index in [1.165, 1.54) is 5.56 Å². The summed E-state index contributed by atoms with van der Waals surface area (Å²) < 4.78 is 16.3. The number of hydrogen-bond acceptors (Lipinski definition) is 5. The van der Waals surface area contributed by atoms with Crippen molar-refractivity contribution >= 4 is 23.5 Å². The average molecular weight is 416 g/mol. The van der Waals surface area contributed by atoms with Crippen molar-refractivity contribution in [1.29, 1.82) is 0 Å². The number of carbonyl (C=O) groups is 2. The summed E-state index contributed by atoms with van der Waals surface area (Å²) in [6.07, 6.45) is 0.952. The highest BCUT2D eigenvalue weighted by Crippen LogP contribution is 2.32. The van der Waals surface area contributed by atoms with Crippen LogP contribution in [0.3, 0.4) is 0 Å². The summed E-state index contributed by atoms with van der Waals surface area (Å²) in [7, 11) is 0. The van der Waals surface area contributed by atoms with Gasteiger partial charge in [0.1, 0.15) is 12.4 Å². The molecule has 2 aromatic rings. The van der Waals surface area contributed by atoms with E-state index in [-0.39, 0.29) is 31.7 Å². The predicted octanol–water partition coefficient (Wildman–Crippen LogP) is 3.34. The number of nitrogens with zero attached hydrogens (tertiary/aromatic N) is 1. The minimum absolute atomic E-state index is 0.0106. The first-order valence-corrected chi connectivity index (χ1v) is 9.98. The first-order chi connectivity index (χ1) is 14.1. The van der Waals surface area contributed by atoms with Gasteiger partial charge in [0.2, 0.25) is 5.91 Å². The average Bonchev–Trinajstić information content (AvgIpc) is 3.11. The van der Waals surface area contributed by atoms with Crippen LogP contribution in [0, 0.1) is 5.92 Å². The Bertz CT molecular complexity index is 902. The second-order valence-corrected chi connectivity index (χ2v) is 7.68. The van der Waals surface area contributed by atoms with Crippen molar-refractivity contribution in [3.05, 3.63) is 64.2 Å². The number of fused-ring (bicyclic) bond motifs is 1. The Morgan fingerprint density at radius 2 is 2.07 bits per heavy atom. The Kier molecular flexibility index (Phi) is 6.02. The molecule has 0 spiro atoms. The van der Waals surface area contributed by atoms with Crippen LogP contribution in [0.15, 0.2) is 42.5 Å². The summed E-state index contributed by atoms with van der Waals surface area (Å²) in [6.45, 7) is 1.61. The van der Waals surface area contributed by atoms with Gasteiger partial charge in [0.25, 0.3) is 0 Å². The van der Waals surface area contributed by atoms with Crippen molar-refractivity contribution in [2.45, 2.75) is 26.1 Å². The number of benzene rings is 2. The molecule has 0 saturated carbocycles. The number of amides is 1. The topological polar surface area (TPSA) is 65.1 Å². The summed E-state index contributed by atoms with van der Waals surface area (Å²) in [5, 5.41) is 0.534. The van der Waals surface area contributed by atoms with Gasteiger partial charge in [-0.2, -0.15) is 0 Å². The third kappa shape index (κ3) is 4.71. The second-order valence-electron chi connectivity index (χ2n) is 7.25. The summed E-state index contributed by atoms with van der Waals surface area (Å²) in [5.74, 6) is -0.178. The smallest absolute Gasteiger partial charge is 0.311 e. The molecule has 2 aliphatic heterocycles. The Labute approximate surface area is 174 Å². The predicted molar refractivity (Wildman–Crippen MR) is 106 cm³/mol. The van der Waals surface area contributed by atoms with Crippen LogP contribution in [0.2, 0.25) is 5.02 Å². The van der Waals surface area contributed by atoms with Gasteiger partial charge in [0.15, 0.2) is 6.79 Å². The number of esters is 1. The third-order valence-electron chi connectivity index (χ3n) is 5.18. The van der Waals surface area contributed by atoms with Crippen molar-refractivity contribution in [3.63, 3.8) is 0 Å². The zero-order valence-electron chi connectivity index (χ0n) is 15.9. The molecule has 2 aromatic carbocycles. The van der Waals surface area contributed by atoms with Crippen LogP contribution in [0.5, 0.6) is 5.75 Å². The molecule has 29 heavy (non-hydrogen) atoms. The number of likely N-dealkylation sites (tertiary alicyclic amines) is 1. The first-order valence-electron chi connectivity index (χ1n) is 9.60. The molecule has 1 amide bonds. The molecule has 0 radical (unpaired) electrons. The van der Waals surface area contributed by atoms with E-state index in [2.05, 4.69) is 0 Å². The highest BCUT2D eigenvalue weighted by molar-refractivity contribution is 6.30. The molecule has 4 rings (SSSR count). The highest BCUT2D eigenvalue weighted by atomic mass is 35.5. The largest absolute Gasteiger partial charge is 0.467 e. The Balaban J connectivity index is 1.33. The van der Waals surface area contributed by atoms with E-state index in [4.69, 9.17) is 25.8 Å². The minimum atomic E-state index is -0.447. The van der Waals surface area contributed by atoms with Crippen LogP contribution < -0.4 is 4.74 Å². The molecule has 2 aliphatic rings. The Hall–Kier alpha value is -2.57. The molecule has 2 heterocycles. The van der Waals surface area contributed by atoms with E-state index in [0.29, 0.717) is 36.0 Å². The summed E-state index contributed by atoms with van der Waals surface area (Å²) in [6, 6.07) is 13.5. The van der Waals surface area contributed by atoms with Gasteiger partial charge < -0.3 is 19.1 Å². The molecule has 1 atom stereocenters. The zero-order valence-corrected chi connectivity index (χ0v) is 16.7. The number of rotatable bonds is 6. The van der Waals surface area contributed by atoms with Gasteiger partial charge >= 0.3 is 5.97 Å². The molecule has 152 valence electrons. The van der Waals surface area contributed by atoms with Gasteiger partial charge in [-0.05, 0) is 24.1 Å². The lowest BCUT2D eigenvalue weighted by Gasteiger charge is -2.21. The number of ether oxygens (including phenoxy) is 3. The van der Waals surface area contributed by atoms with Gasteiger partial charge in [0, 0.05) is 35.7 Å². The van der Waals surface area contributed by atoms with Gasteiger partial charge in [0.05, 0.1) is 12.5 Å². The molecule has 1 fully saturated rings. The normalized spacial score (nSPS) is 18.3. The van der Waals surface area contributed by atoms with E-state index >= 15 is 0 Å². The second kappa shape index (κ2) is 8.84. The van der Waals surface area contributed by atoms with Crippen molar-refractivity contribution < 1.29 is 23.8 Å². The van der Waals surface area contributed by atoms with Crippen molar-refractivity contribution in [1.82, 2.24) is 4.90 Å². The summed E-state index contributed by atoms with van der Waals surface area (Å²) in [4.78, 5) is 26.6. The molecule has 6 nitrogen and oxygen atoms in total. The number of hydrogen-bond donors (Lipinski definition) is 0. The summed E-state index contributed by atoms with van der Waals surface area (Å²) in [5.41, 5.74) is 2.70. The lowest BCUT2D eigenvalue weighted by atomic mass is 10.1. The van der Waals surface area contributed by atoms with E-state index in [0.717, 1.165) is 12.0 Å². The molecular formula is C22H22ClNO5. The Morgan fingerprint density at radius 3 is 2.90 bits per heavy atom. The number of halogens is 1. The van der Waals surface area contributed by atoms with Crippen molar-refractivity contribution in [3.8, 4) is 5.75 Å². The molecule has 7 heteroatoms. The van der Waals surface area contributed by atoms with Crippen LogP contribution in [0.25, 0.3) is 0 Å². The molecule has 0 unspecified atom stereocenters. The van der Waals surface area contributed by atoms with Crippen molar-refractivity contribution in [2.75, 3.05) is 19.9 Å². The van der Waals surface area contributed by atoms with Crippen LogP contribution in [0.4, 0.5) is 0 Å². The fourth-order valence-electron chi connectivity index (χ4n) is 3.69. The molecule has 1 saturated heterocycles. The van der Waals surface area contributed by atoms with E-state index in [1.807, 2.05) is 30.3 Å². The monoisotopic (exact) mass is 415 g/mol. The van der Waals surface area contributed by atoms with E-state index < -0.39 is 5.92 Å². The molecule has 0 aromatic heterocycles. The van der Waals surface area contributed by atoms with Gasteiger partial charge in [-0.3, -0.25) is 9.59 Å². The lowest BCUT2D eigenvalue weighted by molar-refractivity contribution is -0.149. The lowest BCUT2D eigenvalue weighted by Crippen LogP contribution is -2.28. The van der Waals surface area contributed by atoms with E-state index in [9.17, 15) is 9.59 Å². The van der Waals surface area contributed by atoms with E-state index in [1.54, 1.807) is 17.0 Å². The standard InChI is InChI=1S/C22H22ClNO5/c23-19-8-17-12-27-14-29-21(17)18(9-19)13-28-22(26)16-10-20(25)24(11-16)7-6-15-4-2-1-3-5-15/h1-5,8-9,16H,6-7,10-14H2/t16-/m0/s1. The number of carbonyl (C=O) groups excluding carboxylic acids is 2.